The molecular weight excluding hydrogens is 252 g/mol. The van der Waals surface area contributed by atoms with Gasteiger partial charge in [0.15, 0.2) is 0 Å². The highest BCUT2D eigenvalue weighted by Gasteiger charge is 2.13. The van der Waals surface area contributed by atoms with Gasteiger partial charge in [0.2, 0.25) is 0 Å². The number of carbonyl (C=O) groups excluding carboxylic acids is 1. The van der Waals surface area contributed by atoms with Crippen LogP contribution < -0.4 is 11.1 Å². The lowest BCUT2D eigenvalue weighted by molar-refractivity contribution is 0.0956. The number of hydrogen-bond acceptors (Lipinski definition) is 3. The van der Waals surface area contributed by atoms with Gasteiger partial charge < -0.3 is 11.1 Å². The highest BCUT2D eigenvalue weighted by molar-refractivity contribution is 5.95. The molecular formula is C15H20N4O. The van der Waals surface area contributed by atoms with Crippen molar-refractivity contribution in [1.82, 2.24) is 15.1 Å². The SMILES string of the molecule is CCNC(=O)c1ccc(N)c(-n2nc(C)c(C)c2C)c1. The normalized spacial score (nSPS) is 10.6. The molecule has 2 aromatic rings. The molecule has 0 aliphatic rings. The van der Waals surface area contributed by atoms with Gasteiger partial charge in [-0.1, -0.05) is 0 Å². The van der Waals surface area contributed by atoms with Gasteiger partial charge in [0.05, 0.1) is 17.1 Å². The monoisotopic (exact) mass is 272 g/mol. The number of anilines is 1. The summed E-state index contributed by atoms with van der Waals surface area (Å²) >= 11 is 0. The number of hydrogen-bond donors (Lipinski definition) is 2. The molecule has 3 N–H and O–H groups in total. The van der Waals surface area contributed by atoms with E-state index in [1.807, 2.05) is 27.7 Å². The first-order valence-electron chi connectivity index (χ1n) is 6.66. The van der Waals surface area contributed by atoms with Crippen molar-refractivity contribution in [2.75, 3.05) is 12.3 Å². The van der Waals surface area contributed by atoms with E-state index in [1.54, 1.807) is 22.9 Å². The van der Waals surface area contributed by atoms with E-state index < -0.39 is 0 Å². The first-order chi connectivity index (χ1) is 9.45. The van der Waals surface area contributed by atoms with Crippen molar-refractivity contribution in [1.29, 1.82) is 0 Å². The van der Waals surface area contributed by atoms with Crippen LogP contribution in [0.2, 0.25) is 0 Å². The minimum Gasteiger partial charge on any atom is -0.397 e. The van der Waals surface area contributed by atoms with Crippen LogP contribution in [-0.2, 0) is 0 Å². The summed E-state index contributed by atoms with van der Waals surface area (Å²) in [4.78, 5) is 11.9. The van der Waals surface area contributed by atoms with Crippen LogP contribution in [0.25, 0.3) is 5.69 Å². The number of rotatable bonds is 3. The standard InChI is InChI=1S/C15H20N4O/c1-5-17-15(20)12-6-7-13(16)14(8-12)19-11(4)9(2)10(3)18-19/h6-8H,5,16H2,1-4H3,(H,17,20). The maximum absolute atomic E-state index is 11.9. The fourth-order valence-electron chi connectivity index (χ4n) is 2.09. The van der Waals surface area contributed by atoms with Crippen LogP contribution in [0.3, 0.4) is 0 Å². The summed E-state index contributed by atoms with van der Waals surface area (Å²) in [6.45, 7) is 8.46. The van der Waals surface area contributed by atoms with Crippen molar-refractivity contribution in [3.05, 3.63) is 40.7 Å². The highest BCUT2D eigenvalue weighted by Crippen LogP contribution is 2.23. The molecule has 20 heavy (non-hydrogen) atoms. The molecule has 5 heteroatoms. The second-order valence-corrected chi connectivity index (χ2v) is 4.84. The Morgan fingerprint density at radius 3 is 2.60 bits per heavy atom. The molecule has 0 spiro atoms. The average molecular weight is 272 g/mol. The second kappa shape index (κ2) is 5.36. The van der Waals surface area contributed by atoms with Crippen LogP contribution in [-0.4, -0.2) is 22.2 Å². The number of amides is 1. The Morgan fingerprint density at radius 1 is 1.35 bits per heavy atom. The van der Waals surface area contributed by atoms with Gasteiger partial charge in [0, 0.05) is 17.8 Å². The minimum atomic E-state index is -0.105. The van der Waals surface area contributed by atoms with Crippen LogP contribution in [0, 0.1) is 20.8 Å². The summed E-state index contributed by atoms with van der Waals surface area (Å²) in [6, 6.07) is 5.24. The first kappa shape index (κ1) is 14.1. The Hall–Kier alpha value is -2.30. The predicted molar refractivity (Wildman–Crippen MR) is 80.2 cm³/mol. The number of carbonyl (C=O) groups is 1. The van der Waals surface area contributed by atoms with Crippen LogP contribution in [0.1, 0.15) is 34.2 Å². The molecule has 0 atom stereocenters. The third-order valence-corrected chi connectivity index (χ3v) is 3.51. The third-order valence-electron chi connectivity index (χ3n) is 3.51. The number of benzene rings is 1. The molecule has 1 aromatic heterocycles. The molecule has 106 valence electrons. The largest absolute Gasteiger partial charge is 0.397 e. The quantitative estimate of drug-likeness (QED) is 0.841. The van der Waals surface area contributed by atoms with E-state index in [4.69, 9.17) is 5.73 Å². The molecule has 0 fully saturated rings. The van der Waals surface area contributed by atoms with E-state index in [9.17, 15) is 4.79 Å². The Bertz CT molecular complexity index is 658. The van der Waals surface area contributed by atoms with Gasteiger partial charge in [-0.05, 0) is 51.5 Å². The molecule has 5 nitrogen and oxygen atoms in total. The van der Waals surface area contributed by atoms with E-state index in [2.05, 4.69) is 10.4 Å². The number of aryl methyl sites for hydroxylation is 1. The number of aromatic nitrogens is 2. The number of nitrogens with two attached hydrogens (primary N) is 1. The number of nitrogens with one attached hydrogen (secondary N) is 1. The van der Waals surface area contributed by atoms with Gasteiger partial charge in [-0.3, -0.25) is 4.79 Å². The maximum Gasteiger partial charge on any atom is 0.251 e. The van der Waals surface area contributed by atoms with Gasteiger partial charge >= 0.3 is 0 Å². The summed E-state index contributed by atoms with van der Waals surface area (Å²) in [5, 5.41) is 7.27. The molecule has 0 saturated heterocycles. The molecule has 0 radical (unpaired) electrons. The molecule has 0 unspecified atom stereocenters. The molecule has 0 aliphatic heterocycles. The predicted octanol–water partition coefficient (Wildman–Crippen LogP) is 2.13. The maximum atomic E-state index is 11.9. The fourth-order valence-corrected chi connectivity index (χ4v) is 2.09. The highest BCUT2D eigenvalue weighted by atomic mass is 16.1. The van der Waals surface area contributed by atoms with Crippen molar-refractivity contribution in [3.8, 4) is 5.69 Å². The van der Waals surface area contributed by atoms with Crippen molar-refractivity contribution >= 4 is 11.6 Å². The van der Waals surface area contributed by atoms with Crippen LogP contribution in [0.4, 0.5) is 5.69 Å². The summed E-state index contributed by atoms with van der Waals surface area (Å²) in [7, 11) is 0. The molecule has 1 aromatic carbocycles. The van der Waals surface area contributed by atoms with Gasteiger partial charge in [-0.2, -0.15) is 5.10 Å². The van der Waals surface area contributed by atoms with Gasteiger partial charge in [0.1, 0.15) is 0 Å². The van der Waals surface area contributed by atoms with Crippen LogP contribution in [0.15, 0.2) is 18.2 Å². The molecule has 1 heterocycles. The zero-order valence-electron chi connectivity index (χ0n) is 12.3. The number of nitrogens with zero attached hydrogens (tertiary/aromatic N) is 2. The fraction of sp³-hybridized carbons (Fsp3) is 0.333. The van der Waals surface area contributed by atoms with Gasteiger partial charge in [-0.15, -0.1) is 0 Å². The van der Waals surface area contributed by atoms with Crippen molar-refractivity contribution in [3.63, 3.8) is 0 Å². The van der Waals surface area contributed by atoms with Crippen molar-refractivity contribution in [2.45, 2.75) is 27.7 Å². The topological polar surface area (TPSA) is 72.9 Å². The lowest BCUT2D eigenvalue weighted by atomic mass is 10.1. The van der Waals surface area contributed by atoms with Crippen molar-refractivity contribution < 1.29 is 4.79 Å². The zero-order chi connectivity index (χ0) is 14.9. The molecule has 2 rings (SSSR count). The van der Waals surface area contributed by atoms with E-state index in [1.165, 1.54) is 0 Å². The average Bonchev–Trinajstić information content (AvgIpc) is 2.67. The minimum absolute atomic E-state index is 0.105. The summed E-state index contributed by atoms with van der Waals surface area (Å²) in [6.07, 6.45) is 0. The third kappa shape index (κ3) is 2.39. The van der Waals surface area contributed by atoms with Gasteiger partial charge in [-0.25, -0.2) is 4.68 Å². The van der Waals surface area contributed by atoms with E-state index >= 15 is 0 Å². The van der Waals surface area contributed by atoms with E-state index in [0.29, 0.717) is 17.8 Å². The lowest BCUT2D eigenvalue weighted by Crippen LogP contribution is -2.23. The Morgan fingerprint density at radius 2 is 2.05 bits per heavy atom. The second-order valence-electron chi connectivity index (χ2n) is 4.84. The smallest absolute Gasteiger partial charge is 0.251 e. The molecule has 0 bridgehead atoms. The molecule has 0 saturated carbocycles. The Kier molecular flexibility index (Phi) is 3.79. The lowest BCUT2D eigenvalue weighted by Gasteiger charge is -2.10. The Balaban J connectivity index is 2.53. The summed E-state index contributed by atoms with van der Waals surface area (Å²) in [5.41, 5.74) is 11.1. The molecule has 1 amide bonds. The van der Waals surface area contributed by atoms with Crippen LogP contribution in [0.5, 0.6) is 0 Å². The van der Waals surface area contributed by atoms with Gasteiger partial charge in [0.25, 0.3) is 5.91 Å². The van der Waals surface area contributed by atoms with Crippen molar-refractivity contribution in [2.24, 2.45) is 0 Å². The number of nitrogen functional groups attached to an aromatic ring is 1. The molecule has 0 aliphatic carbocycles. The first-order valence-corrected chi connectivity index (χ1v) is 6.66. The summed E-state index contributed by atoms with van der Waals surface area (Å²) in [5.74, 6) is -0.105. The Labute approximate surface area is 118 Å². The van der Waals surface area contributed by atoms with E-state index in [0.717, 1.165) is 22.6 Å². The summed E-state index contributed by atoms with van der Waals surface area (Å²) < 4.78 is 1.79. The van der Waals surface area contributed by atoms with Crippen LogP contribution >= 0.6 is 0 Å². The van der Waals surface area contributed by atoms with E-state index in [-0.39, 0.29) is 5.91 Å². The zero-order valence-corrected chi connectivity index (χ0v) is 12.3.